The fourth-order valence-corrected chi connectivity index (χ4v) is 3.05. The van der Waals surface area contributed by atoms with E-state index in [4.69, 9.17) is 0 Å². The molecule has 2 aromatic rings. The van der Waals surface area contributed by atoms with Crippen LogP contribution >= 0.6 is 0 Å². The number of hydrogen-bond donors (Lipinski definition) is 0. The van der Waals surface area contributed by atoms with Gasteiger partial charge in [0.2, 0.25) is 0 Å². The maximum Gasteiger partial charge on any atom is 0.394 e. The average molecular weight is 389 g/mol. The molecular formula is C19H24F5N3. The smallest absolute Gasteiger partial charge is 0.265 e. The van der Waals surface area contributed by atoms with Crippen molar-refractivity contribution < 1.29 is 22.0 Å². The largest absolute Gasteiger partial charge is 0.394 e. The number of aromatic nitrogens is 3. The molecule has 0 aromatic carbocycles. The Kier molecular flexibility index (Phi) is 5.97. The van der Waals surface area contributed by atoms with E-state index in [2.05, 4.69) is 10.1 Å². The lowest BCUT2D eigenvalue weighted by atomic mass is 9.86. The van der Waals surface area contributed by atoms with E-state index in [0.717, 1.165) is 31.2 Å². The molecule has 0 atom stereocenters. The maximum absolute atomic E-state index is 13.7. The van der Waals surface area contributed by atoms with Crippen molar-refractivity contribution in [2.75, 3.05) is 0 Å². The van der Waals surface area contributed by atoms with Crippen molar-refractivity contribution in [1.29, 1.82) is 0 Å². The van der Waals surface area contributed by atoms with Crippen LogP contribution in [0, 0.1) is 12.3 Å². The summed E-state index contributed by atoms with van der Waals surface area (Å²) in [7, 11) is 0. The van der Waals surface area contributed by atoms with Gasteiger partial charge in [0.25, 0.3) is 6.43 Å². The molecule has 0 aliphatic heterocycles. The molecule has 0 spiro atoms. The van der Waals surface area contributed by atoms with Gasteiger partial charge in [-0.1, -0.05) is 20.8 Å². The Labute approximate surface area is 155 Å². The lowest BCUT2D eigenvalue weighted by Gasteiger charge is -2.27. The van der Waals surface area contributed by atoms with Crippen molar-refractivity contribution in [2.45, 2.75) is 66.6 Å². The first-order chi connectivity index (χ1) is 12.4. The summed E-state index contributed by atoms with van der Waals surface area (Å²) in [5.41, 5.74) is -0.0486. The van der Waals surface area contributed by atoms with Crippen molar-refractivity contribution in [1.82, 2.24) is 14.8 Å². The monoisotopic (exact) mass is 389 g/mol. The predicted molar refractivity (Wildman–Crippen MR) is 93.7 cm³/mol. The van der Waals surface area contributed by atoms with Gasteiger partial charge in [0.1, 0.15) is 0 Å². The van der Waals surface area contributed by atoms with E-state index in [1.165, 1.54) is 6.20 Å². The summed E-state index contributed by atoms with van der Waals surface area (Å²) in [6.45, 7) is 8.15. The minimum Gasteiger partial charge on any atom is -0.265 e. The number of aryl methyl sites for hydroxylation is 2. The zero-order valence-corrected chi connectivity index (χ0v) is 16.1. The first kappa shape index (κ1) is 21.3. The Morgan fingerprint density at radius 2 is 1.78 bits per heavy atom. The molecule has 0 saturated carbocycles. The zero-order valence-electron chi connectivity index (χ0n) is 16.1. The van der Waals surface area contributed by atoms with Crippen LogP contribution in [-0.4, -0.2) is 20.9 Å². The van der Waals surface area contributed by atoms with Gasteiger partial charge in [0.15, 0.2) is 0 Å². The van der Waals surface area contributed by atoms with E-state index in [1.54, 1.807) is 4.68 Å². The van der Waals surface area contributed by atoms with Crippen LogP contribution in [0.3, 0.4) is 0 Å². The molecular weight excluding hydrogens is 365 g/mol. The Hall–Kier alpha value is -1.99. The third-order valence-corrected chi connectivity index (χ3v) is 4.80. The molecule has 0 bridgehead atoms. The molecule has 150 valence electrons. The first-order valence-corrected chi connectivity index (χ1v) is 8.83. The summed E-state index contributed by atoms with van der Waals surface area (Å²) >= 11 is 0. The molecule has 2 heterocycles. The summed E-state index contributed by atoms with van der Waals surface area (Å²) in [6, 6.07) is 1.09. The third-order valence-electron chi connectivity index (χ3n) is 4.80. The van der Waals surface area contributed by atoms with Crippen LogP contribution < -0.4 is 0 Å². The van der Waals surface area contributed by atoms with Gasteiger partial charge in [-0.2, -0.15) is 18.3 Å². The number of hydrogen-bond acceptors (Lipinski definition) is 2. The topological polar surface area (TPSA) is 30.7 Å². The average Bonchev–Trinajstić information content (AvgIpc) is 2.89. The minimum absolute atomic E-state index is 0.00712. The van der Waals surface area contributed by atoms with Gasteiger partial charge in [0.05, 0.1) is 16.8 Å². The molecule has 0 amide bonds. The highest BCUT2D eigenvalue weighted by Gasteiger charge is 2.47. The Morgan fingerprint density at radius 3 is 2.26 bits per heavy atom. The summed E-state index contributed by atoms with van der Waals surface area (Å²) in [4.78, 5) is 4.07. The van der Waals surface area contributed by atoms with Crippen molar-refractivity contribution in [2.24, 2.45) is 5.41 Å². The Bertz CT molecular complexity index is 806. The lowest BCUT2D eigenvalue weighted by molar-refractivity contribution is -0.211. The van der Waals surface area contributed by atoms with Crippen LogP contribution in [0.1, 0.15) is 56.6 Å². The van der Waals surface area contributed by atoms with Gasteiger partial charge >= 0.3 is 6.18 Å². The van der Waals surface area contributed by atoms with Crippen molar-refractivity contribution in [3.05, 3.63) is 34.8 Å². The Morgan fingerprint density at radius 1 is 1.15 bits per heavy atom. The highest BCUT2D eigenvalue weighted by atomic mass is 19.4. The standard InChI is InChI=1S/C19H24F5N3/c1-6-15-11(3)16(27(7-2)26-15)14-10-25-12(8-13(14)17(20)21)9-18(4,5)19(22,23)24/h8,10,17H,6-7,9H2,1-5H3. The van der Waals surface area contributed by atoms with Crippen LogP contribution in [0.25, 0.3) is 11.3 Å². The normalized spacial score (nSPS) is 12.9. The van der Waals surface area contributed by atoms with E-state index in [-0.39, 0.29) is 16.8 Å². The van der Waals surface area contributed by atoms with E-state index >= 15 is 0 Å². The minimum atomic E-state index is -4.45. The fraction of sp³-hybridized carbons (Fsp3) is 0.579. The summed E-state index contributed by atoms with van der Waals surface area (Å²) in [6.07, 6.45) is -5.85. The van der Waals surface area contributed by atoms with E-state index < -0.39 is 24.4 Å². The van der Waals surface area contributed by atoms with Gasteiger partial charge in [-0.3, -0.25) is 9.67 Å². The molecule has 0 unspecified atom stereocenters. The van der Waals surface area contributed by atoms with Crippen LogP contribution in [0.4, 0.5) is 22.0 Å². The van der Waals surface area contributed by atoms with Gasteiger partial charge in [-0.15, -0.1) is 0 Å². The molecule has 0 fully saturated rings. The van der Waals surface area contributed by atoms with E-state index in [1.807, 2.05) is 20.8 Å². The number of rotatable bonds is 6. The number of nitrogens with zero attached hydrogens (tertiary/aromatic N) is 3. The predicted octanol–water partition coefficient (Wildman–Crippen LogP) is 5.90. The highest BCUT2D eigenvalue weighted by Crippen LogP contribution is 2.41. The number of alkyl halides is 5. The first-order valence-electron chi connectivity index (χ1n) is 8.83. The molecule has 27 heavy (non-hydrogen) atoms. The molecule has 0 N–H and O–H groups in total. The molecule has 2 aromatic heterocycles. The Balaban J connectivity index is 2.57. The SMILES string of the molecule is CCc1nn(CC)c(-c2cnc(CC(C)(C)C(F)(F)F)cc2C(F)F)c1C. The molecule has 8 heteroatoms. The second-order valence-electron chi connectivity index (χ2n) is 7.21. The molecule has 0 radical (unpaired) electrons. The highest BCUT2D eigenvalue weighted by molar-refractivity contribution is 5.68. The van der Waals surface area contributed by atoms with Crippen LogP contribution in [0.2, 0.25) is 0 Å². The van der Waals surface area contributed by atoms with Gasteiger partial charge in [0, 0.05) is 36.0 Å². The van der Waals surface area contributed by atoms with Crippen LogP contribution in [-0.2, 0) is 19.4 Å². The summed E-state index contributed by atoms with van der Waals surface area (Å²) in [5.74, 6) is 0. The quantitative estimate of drug-likeness (QED) is 0.576. The molecule has 0 aliphatic rings. The molecule has 2 rings (SSSR count). The molecule has 0 aliphatic carbocycles. The van der Waals surface area contributed by atoms with Crippen molar-refractivity contribution in [3.8, 4) is 11.3 Å². The van der Waals surface area contributed by atoms with Crippen molar-refractivity contribution >= 4 is 0 Å². The molecule has 0 saturated heterocycles. The number of pyridine rings is 1. The van der Waals surface area contributed by atoms with E-state index in [9.17, 15) is 22.0 Å². The number of halogens is 5. The zero-order chi connectivity index (χ0) is 20.6. The summed E-state index contributed by atoms with van der Waals surface area (Å²) < 4.78 is 68.5. The maximum atomic E-state index is 13.7. The van der Waals surface area contributed by atoms with Crippen molar-refractivity contribution in [3.63, 3.8) is 0 Å². The molecule has 3 nitrogen and oxygen atoms in total. The van der Waals surface area contributed by atoms with Gasteiger partial charge in [-0.25, -0.2) is 8.78 Å². The van der Waals surface area contributed by atoms with E-state index in [0.29, 0.717) is 18.7 Å². The van der Waals surface area contributed by atoms with Crippen LogP contribution in [0.15, 0.2) is 12.3 Å². The second-order valence-corrected chi connectivity index (χ2v) is 7.21. The third kappa shape index (κ3) is 4.14. The lowest BCUT2D eigenvalue weighted by Crippen LogP contribution is -2.34. The second kappa shape index (κ2) is 7.56. The van der Waals surface area contributed by atoms with Crippen LogP contribution in [0.5, 0.6) is 0 Å². The van der Waals surface area contributed by atoms with Gasteiger partial charge in [-0.05, 0) is 31.9 Å². The van der Waals surface area contributed by atoms with Gasteiger partial charge < -0.3 is 0 Å². The summed E-state index contributed by atoms with van der Waals surface area (Å²) in [5, 5.41) is 4.43. The fourth-order valence-electron chi connectivity index (χ4n) is 3.05.